The zero-order valence-corrected chi connectivity index (χ0v) is 20.2. The number of halogens is 1. The van der Waals surface area contributed by atoms with Gasteiger partial charge in [-0.1, -0.05) is 57.1 Å². The van der Waals surface area contributed by atoms with Crippen LogP contribution in [-0.4, -0.2) is 25.2 Å². The number of hydrogen-bond donors (Lipinski definition) is 0. The first kappa shape index (κ1) is 26.5. The number of terminal acetylenes is 1. The number of hydrogen-bond acceptors (Lipinski definition) is 4. The Labute approximate surface area is 195 Å². The van der Waals surface area contributed by atoms with Crippen LogP contribution in [0.1, 0.15) is 93.8 Å². The third-order valence-corrected chi connectivity index (χ3v) is 5.77. The Kier molecular flexibility index (Phi) is 16.1. The highest BCUT2D eigenvalue weighted by molar-refractivity contribution is 14.1. The molecule has 0 unspecified atom stereocenters. The minimum atomic E-state index is -0.229. The summed E-state index contributed by atoms with van der Waals surface area (Å²) in [6.07, 6.45) is 18.2. The summed E-state index contributed by atoms with van der Waals surface area (Å²) in [5, 5.41) is 0. The Morgan fingerprint density at radius 3 is 2.03 bits per heavy atom. The van der Waals surface area contributed by atoms with E-state index >= 15 is 0 Å². The molecule has 0 aliphatic carbocycles. The third kappa shape index (κ3) is 13.6. The van der Waals surface area contributed by atoms with Gasteiger partial charge in [0.1, 0.15) is 0 Å². The Balaban J connectivity index is 1.84. The van der Waals surface area contributed by atoms with Crippen LogP contribution in [0.15, 0.2) is 24.3 Å². The number of rotatable bonds is 17. The fraction of sp³-hybridized carbons (Fsp3) is 0.600. The molecule has 0 saturated heterocycles. The summed E-state index contributed by atoms with van der Waals surface area (Å²) in [7, 11) is 0. The van der Waals surface area contributed by atoms with Gasteiger partial charge >= 0.3 is 11.9 Å². The topological polar surface area (TPSA) is 52.6 Å². The first-order chi connectivity index (χ1) is 14.6. The molecule has 30 heavy (non-hydrogen) atoms. The number of unbranched alkanes of at least 4 members (excludes halogenated alkanes) is 10. The van der Waals surface area contributed by atoms with Gasteiger partial charge in [-0.25, -0.2) is 4.79 Å². The van der Waals surface area contributed by atoms with E-state index in [1.165, 1.54) is 32.1 Å². The fourth-order valence-corrected chi connectivity index (χ4v) is 3.67. The van der Waals surface area contributed by atoms with Crippen molar-refractivity contribution in [2.75, 3.05) is 13.2 Å². The van der Waals surface area contributed by atoms with Crippen molar-refractivity contribution >= 4 is 34.5 Å². The number of carbonyl (C=O) groups excluding carboxylic acids is 2. The summed E-state index contributed by atoms with van der Waals surface area (Å²) < 4.78 is 11.5. The Hall–Kier alpha value is -1.55. The Morgan fingerprint density at radius 2 is 1.37 bits per heavy atom. The van der Waals surface area contributed by atoms with E-state index in [9.17, 15) is 9.59 Å². The fourth-order valence-electron chi connectivity index (χ4n) is 3.07. The van der Waals surface area contributed by atoms with Gasteiger partial charge in [0.15, 0.2) is 0 Å². The van der Waals surface area contributed by atoms with Crippen LogP contribution in [0.5, 0.6) is 0 Å². The van der Waals surface area contributed by atoms with Crippen molar-refractivity contribution in [2.24, 2.45) is 0 Å². The van der Waals surface area contributed by atoms with Gasteiger partial charge < -0.3 is 9.47 Å². The van der Waals surface area contributed by atoms with Crippen molar-refractivity contribution in [3.63, 3.8) is 0 Å². The van der Waals surface area contributed by atoms with Gasteiger partial charge in [0.25, 0.3) is 0 Å². The second-order valence-electron chi connectivity index (χ2n) is 7.43. The van der Waals surface area contributed by atoms with Crippen LogP contribution in [0.3, 0.4) is 0 Å². The molecule has 1 aromatic carbocycles. The van der Waals surface area contributed by atoms with E-state index in [1.807, 2.05) is 18.2 Å². The van der Waals surface area contributed by atoms with Crippen LogP contribution in [0.4, 0.5) is 0 Å². The lowest BCUT2D eigenvalue weighted by Gasteiger charge is -2.06. The molecule has 5 heteroatoms. The molecule has 0 amide bonds. The average Bonchev–Trinajstić information content (AvgIpc) is 2.74. The van der Waals surface area contributed by atoms with Crippen molar-refractivity contribution in [3.8, 4) is 12.3 Å². The molecule has 0 aromatic heterocycles. The number of carbonyl (C=O) groups is 2. The molecule has 0 aliphatic heterocycles. The lowest BCUT2D eigenvalue weighted by atomic mass is 10.1. The molecule has 1 aromatic rings. The zero-order valence-electron chi connectivity index (χ0n) is 18.0. The van der Waals surface area contributed by atoms with Gasteiger partial charge in [-0.3, -0.25) is 4.79 Å². The van der Waals surface area contributed by atoms with Gasteiger partial charge in [-0.05, 0) is 60.4 Å². The molecule has 166 valence electrons. The van der Waals surface area contributed by atoms with Crippen LogP contribution in [0, 0.1) is 15.9 Å². The van der Waals surface area contributed by atoms with E-state index in [2.05, 4.69) is 28.5 Å². The lowest BCUT2D eigenvalue weighted by Crippen LogP contribution is -2.08. The van der Waals surface area contributed by atoms with Crippen molar-refractivity contribution in [3.05, 3.63) is 33.4 Å². The highest BCUT2D eigenvalue weighted by Gasteiger charge is 2.09. The van der Waals surface area contributed by atoms with E-state index in [0.29, 0.717) is 25.2 Å². The van der Waals surface area contributed by atoms with Crippen LogP contribution in [0.25, 0.3) is 0 Å². The maximum atomic E-state index is 12.0. The van der Waals surface area contributed by atoms with E-state index in [4.69, 9.17) is 15.9 Å². The molecule has 0 atom stereocenters. The highest BCUT2D eigenvalue weighted by atomic mass is 127. The van der Waals surface area contributed by atoms with Crippen LogP contribution < -0.4 is 0 Å². The summed E-state index contributed by atoms with van der Waals surface area (Å²) in [5.74, 6) is 2.27. The second-order valence-corrected chi connectivity index (χ2v) is 8.59. The van der Waals surface area contributed by atoms with E-state index in [0.717, 1.165) is 48.5 Å². The third-order valence-electron chi connectivity index (χ3n) is 4.83. The minimum Gasteiger partial charge on any atom is -0.466 e. The van der Waals surface area contributed by atoms with Gasteiger partial charge in [0, 0.05) is 16.4 Å². The molecule has 4 nitrogen and oxygen atoms in total. The minimum absolute atomic E-state index is 0.0848. The first-order valence-electron chi connectivity index (χ1n) is 11.2. The van der Waals surface area contributed by atoms with Crippen molar-refractivity contribution in [1.82, 2.24) is 0 Å². The van der Waals surface area contributed by atoms with Gasteiger partial charge in [0.05, 0.1) is 18.8 Å². The van der Waals surface area contributed by atoms with E-state index in [1.54, 1.807) is 6.07 Å². The molecular weight excluding hydrogens is 491 g/mol. The summed E-state index contributed by atoms with van der Waals surface area (Å²) in [6, 6.07) is 7.48. The zero-order chi connectivity index (χ0) is 21.9. The predicted octanol–water partition coefficient (Wildman–Crippen LogP) is 6.70. The Bertz CT molecular complexity index is 651. The smallest absolute Gasteiger partial charge is 0.339 e. The SMILES string of the molecule is C#CCCCCOC(=O)CCCCCCCCCCCOC(=O)c1ccccc1I. The van der Waals surface area contributed by atoms with E-state index < -0.39 is 0 Å². The summed E-state index contributed by atoms with van der Waals surface area (Å²) in [4.78, 5) is 23.6. The molecule has 0 bridgehead atoms. The molecular formula is C25H35IO4. The van der Waals surface area contributed by atoms with Crippen molar-refractivity contribution < 1.29 is 19.1 Å². The molecule has 0 heterocycles. The molecule has 0 aliphatic rings. The molecule has 0 radical (unpaired) electrons. The maximum Gasteiger partial charge on any atom is 0.339 e. The van der Waals surface area contributed by atoms with Crippen molar-refractivity contribution in [1.29, 1.82) is 0 Å². The monoisotopic (exact) mass is 526 g/mol. The van der Waals surface area contributed by atoms with Crippen LogP contribution in [0.2, 0.25) is 0 Å². The summed E-state index contributed by atoms with van der Waals surface area (Å²) in [6.45, 7) is 0.981. The molecule has 0 spiro atoms. The lowest BCUT2D eigenvalue weighted by molar-refractivity contribution is -0.143. The molecule has 0 N–H and O–H groups in total. The number of benzene rings is 1. The number of esters is 2. The Morgan fingerprint density at radius 1 is 0.800 bits per heavy atom. The average molecular weight is 526 g/mol. The maximum absolute atomic E-state index is 12.0. The van der Waals surface area contributed by atoms with Gasteiger partial charge in [-0.15, -0.1) is 12.3 Å². The predicted molar refractivity (Wildman–Crippen MR) is 129 cm³/mol. The van der Waals surface area contributed by atoms with Crippen LogP contribution in [-0.2, 0) is 14.3 Å². The van der Waals surface area contributed by atoms with Crippen LogP contribution >= 0.6 is 22.6 Å². The molecule has 0 fully saturated rings. The summed E-state index contributed by atoms with van der Waals surface area (Å²) in [5.41, 5.74) is 0.645. The second kappa shape index (κ2) is 18.2. The number of ether oxygens (including phenoxy) is 2. The highest BCUT2D eigenvalue weighted by Crippen LogP contribution is 2.14. The standard InChI is InChI=1S/C25H35IO4/c1-2-3-4-15-20-29-24(27)19-12-10-8-6-5-7-9-11-16-21-30-25(28)22-17-13-14-18-23(22)26/h1,13-14,17-18H,3-12,15-16,19-21H2. The van der Waals surface area contributed by atoms with E-state index in [-0.39, 0.29) is 11.9 Å². The first-order valence-corrected chi connectivity index (χ1v) is 12.2. The normalized spacial score (nSPS) is 10.4. The largest absolute Gasteiger partial charge is 0.466 e. The molecule has 0 saturated carbocycles. The summed E-state index contributed by atoms with van der Waals surface area (Å²) >= 11 is 2.15. The van der Waals surface area contributed by atoms with Gasteiger partial charge in [0.2, 0.25) is 0 Å². The van der Waals surface area contributed by atoms with Crippen molar-refractivity contribution in [2.45, 2.75) is 83.5 Å². The molecule has 1 rings (SSSR count). The quantitative estimate of drug-likeness (QED) is 0.0982. The van der Waals surface area contributed by atoms with Gasteiger partial charge in [-0.2, -0.15) is 0 Å².